The van der Waals surface area contributed by atoms with Crippen molar-refractivity contribution in [1.82, 2.24) is 0 Å². The van der Waals surface area contributed by atoms with Crippen LogP contribution in [0.25, 0.3) is 0 Å². The van der Waals surface area contributed by atoms with E-state index in [1.807, 2.05) is 6.07 Å². The molecule has 0 saturated heterocycles. The molecule has 4 heteroatoms. The molecule has 78 valence electrons. The number of hydrogen-bond acceptors (Lipinski definition) is 2. The Bertz CT molecular complexity index is 345. The van der Waals surface area contributed by atoms with Gasteiger partial charge in [0.15, 0.2) is 0 Å². The van der Waals surface area contributed by atoms with Crippen molar-refractivity contribution in [3.63, 3.8) is 0 Å². The predicted molar refractivity (Wildman–Crippen MR) is 59.6 cm³/mol. The monoisotopic (exact) mass is 196 g/mol. The molecule has 0 radical (unpaired) electrons. The van der Waals surface area contributed by atoms with Crippen molar-refractivity contribution in [3.05, 3.63) is 36.9 Å². The third-order valence-corrected chi connectivity index (χ3v) is 1.50. The Balaban J connectivity index is 0. The average molecular weight is 196 g/mol. The molecule has 0 aromatic heterocycles. The van der Waals surface area contributed by atoms with E-state index in [1.165, 1.54) is 0 Å². The summed E-state index contributed by atoms with van der Waals surface area (Å²) in [6, 6.07) is 6.44. The van der Waals surface area contributed by atoms with Crippen LogP contribution in [0.3, 0.4) is 0 Å². The van der Waals surface area contributed by atoms with Crippen LogP contribution in [0.15, 0.2) is 36.9 Å². The highest BCUT2D eigenvalue weighted by atomic mass is 16.5. The van der Waals surface area contributed by atoms with Gasteiger partial charge < -0.3 is 15.8 Å². The van der Waals surface area contributed by atoms with E-state index < -0.39 is 6.03 Å². The molecule has 1 aromatic carbocycles. The minimum atomic E-state index is -0.611. The van der Waals surface area contributed by atoms with Gasteiger partial charge in [-0.15, -0.1) is 0 Å². The molecule has 14 heavy (non-hydrogen) atoms. The number of para-hydroxylation sites is 2. The lowest BCUT2D eigenvalue weighted by Gasteiger charge is -2.09. The zero-order chi connectivity index (χ0) is 10.4. The molecule has 0 fully saturated rings. The molecule has 4 nitrogen and oxygen atoms in total. The molecule has 2 amide bonds. The van der Waals surface area contributed by atoms with Crippen LogP contribution in [0.2, 0.25) is 0 Å². The van der Waals surface area contributed by atoms with Crippen molar-refractivity contribution in [2.45, 2.75) is 0 Å². The van der Waals surface area contributed by atoms with Crippen LogP contribution in [0, 0.1) is 0 Å². The highest BCUT2D eigenvalue weighted by Crippen LogP contribution is 2.23. The molecule has 0 aliphatic carbocycles. The Morgan fingerprint density at radius 1 is 1.64 bits per heavy atom. The third-order valence-electron chi connectivity index (χ3n) is 1.50. The van der Waals surface area contributed by atoms with Crippen LogP contribution < -0.4 is 15.8 Å². The summed E-state index contributed by atoms with van der Waals surface area (Å²) in [5.41, 5.74) is 5.55. The molecular weight excluding hydrogens is 180 g/mol. The molecule has 1 aromatic rings. The van der Waals surface area contributed by atoms with E-state index in [1.54, 1.807) is 24.3 Å². The lowest BCUT2D eigenvalue weighted by atomic mass is 10.3. The van der Waals surface area contributed by atoms with Crippen LogP contribution in [0.4, 0.5) is 10.5 Å². The van der Waals surface area contributed by atoms with Gasteiger partial charge in [0.2, 0.25) is 0 Å². The minimum absolute atomic E-state index is 0. The number of benzene rings is 1. The van der Waals surface area contributed by atoms with Gasteiger partial charge in [-0.25, -0.2) is 4.79 Å². The zero-order valence-electron chi connectivity index (χ0n) is 7.69. The standard InChI is InChI=1S/C10H12N2O2.2H2/c1-2-7-14-9-6-4-3-5-8(9)12-10(11)13;;/h2-6H,1,7H2,(H3,11,12,13);2*1H. The average Bonchev–Trinajstić information content (AvgIpc) is 2.16. The maximum absolute atomic E-state index is 10.6. The summed E-state index contributed by atoms with van der Waals surface area (Å²) in [6.07, 6.45) is 1.63. The first kappa shape index (κ1) is 10.1. The number of nitrogens with two attached hydrogens (primary N) is 1. The smallest absolute Gasteiger partial charge is 0.316 e. The van der Waals surface area contributed by atoms with Gasteiger partial charge in [-0.3, -0.25) is 0 Å². The Morgan fingerprint density at radius 2 is 2.36 bits per heavy atom. The van der Waals surface area contributed by atoms with Gasteiger partial charge in [-0.1, -0.05) is 24.8 Å². The van der Waals surface area contributed by atoms with Gasteiger partial charge in [0, 0.05) is 2.85 Å². The maximum Gasteiger partial charge on any atom is 0.316 e. The number of primary amides is 1. The Kier molecular flexibility index (Phi) is 3.55. The topological polar surface area (TPSA) is 64.3 Å². The summed E-state index contributed by atoms with van der Waals surface area (Å²) in [6.45, 7) is 3.92. The predicted octanol–water partition coefficient (Wildman–Crippen LogP) is 2.23. The minimum Gasteiger partial charge on any atom is -0.487 e. The second kappa shape index (κ2) is 4.91. The molecule has 0 aliphatic heterocycles. The second-order valence-electron chi connectivity index (χ2n) is 2.59. The summed E-state index contributed by atoms with van der Waals surface area (Å²) >= 11 is 0. The molecule has 0 heterocycles. The lowest BCUT2D eigenvalue weighted by Crippen LogP contribution is -2.19. The van der Waals surface area contributed by atoms with Crippen LogP contribution in [0.1, 0.15) is 2.85 Å². The Labute approximate surface area is 85.3 Å². The van der Waals surface area contributed by atoms with E-state index in [0.29, 0.717) is 18.0 Å². The Morgan fingerprint density at radius 3 is 3.00 bits per heavy atom. The highest BCUT2D eigenvalue weighted by molar-refractivity contribution is 5.89. The number of carbonyl (C=O) groups is 1. The molecule has 3 N–H and O–H groups in total. The lowest BCUT2D eigenvalue weighted by molar-refractivity contribution is 0.259. The first-order valence-electron chi connectivity index (χ1n) is 4.13. The van der Waals surface area contributed by atoms with Gasteiger partial charge in [0.05, 0.1) is 5.69 Å². The van der Waals surface area contributed by atoms with Crippen LogP contribution >= 0.6 is 0 Å². The van der Waals surface area contributed by atoms with Crippen LogP contribution in [-0.4, -0.2) is 12.6 Å². The van der Waals surface area contributed by atoms with Crippen LogP contribution in [-0.2, 0) is 0 Å². The summed E-state index contributed by atoms with van der Waals surface area (Å²) in [5, 5.41) is 2.46. The van der Waals surface area contributed by atoms with E-state index in [0.717, 1.165) is 0 Å². The quantitative estimate of drug-likeness (QED) is 0.725. The van der Waals surface area contributed by atoms with Crippen molar-refractivity contribution < 1.29 is 12.4 Å². The van der Waals surface area contributed by atoms with Gasteiger partial charge in [0.1, 0.15) is 12.4 Å². The van der Waals surface area contributed by atoms with E-state index in [4.69, 9.17) is 10.5 Å². The van der Waals surface area contributed by atoms with Gasteiger partial charge in [0.25, 0.3) is 0 Å². The molecule has 0 bridgehead atoms. The van der Waals surface area contributed by atoms with Gasteiger partial charge >= 0.3 is 6.03 Å². The largest absolute Gasteiger partial charge is 0.487 e. The number of carbonyl (C=O) groups excluding carboxylic acids is 1. The molecule has 0 spiro atoms. The highest BCUT2D eigenvalue weighted by Gasteiger charge is 2.02. The van der Waals surface area contributed by atoms with Crippen molar-refractivity contribution in [1.29, 1.82) is 0 Å². The van der Waals surface area contributed by atoms with E-state index in [-0.39, 0.29) is 2.85 Å². The van der Waals surface area contributed by atoms with Crippen molar-refractivity contribution in [3.8, 4) is 5.75 Å². The SMILES string of the molecule is C=CCOc1ccccc1NC(N)=O.[HH].[HH]. The molecule has 0 saturated carbocycles. The number of anilines is 1. The second-order valence-corrected chi connectivity index (χ2v) is 2.59. The third kappa shape index (κ3) is 2.82. The van der Waals surface area contributed by atoms with Crippen molar-refractivity contribution in [2.75, 3.05) is 11.9 Å². The fraction of sp³-hybridized carbons (Fsp3) is 0.100. The van der Waals surface area contributed by atoms with E-state index >= 15 is 0 Å². The maximum atomic E-state index is 10.6. The number of rotatable bonds is 4. The normalized spacial score (nSPS) is 9.14. The number of hydrogen-bond donors (Lipinski definition) is 2. The molecule has 0 unspecified atom stereocenters. The summed E-state index contributed by atoms with van der Waals surface area (Å²) < 4.78 is 5.30. The fourth-order valence-electron chi connectivity index (χ4n) is 0.977. The summed E-state index contributed by atoms with van der Waals surface area (Å²) in [5.74, 6) is 0.575. The first-order valence-corrected chi connectivity index (χ1v) is 4.13. The molecular formula is C10H16N2O2. The number of ether oxygens (including phenoxy) is 1. The number of urea groups is 1. The molecule has 0 atom stereocenters. The number of nitrogens with one attached hydrogen (secondary N) is 1. The summed E-state index contributed by atoms with van der Waals surface area (Å²) in [4.78, 5) is 10.6. The van der Waals surface area contributed by atoms with E-state index in [9.17, 15) is 4.79 Å². The van der Waals surface area contributed by atoms with Gasteiger partial charge in [-0.05, 0) is 12.1 Å². The Hall–Kier alpha value is -1.97. The fourth-order valence-corrected chi connectivity index (χ4v) is 0.977. The molecule has 0 aliphatic rings. The zero-order valence-corrected chi connectivity index (χ0v) is 7.69. The first-order chi connectivity index (χ1) is 6.74. The van der Waals surface area contributed by atoms with Gasteiger partial charge in [-0.2, -0.15) is 0 Å². The van der Waals surface area contributed by atoms with Crippen LogP contribution in [0.5, 0.6) is 5.75 Å². The van der Waals surface area contributed by atoms with Crippen molar-refractivity contribution >= 4 is 11.7 Å². The van der Waals surface area contributed by atoms with E-state index in [2.05, 4.69) is 11.9 Å². The van der Waals surface area contributed by atoms with Crippen molar-refractivity contribution in [2.24, 2.45) is 5.73 Å². The summed E-state index contributed by atoms with van der Waals surface area (Å²) in [7, 11) is 0. The molecule has 1 rings (SSSR count). The number of amides is 2.